The predicted octanol–water partition coefficient (Wildman–Crippen LogP) is 6.02. The summed E-state index contributed by atoms with van der Waals surface area (Å²) >= 11 is -0.628. The van der Waals surface area contributed by atoms with Crippen molar-refractivity contribution in [2.24, 2.45) is 0 Å². The molecule has 0 radical (unpaired) electrons. The van der Waals surface area contributed by atoms with Crippen molar-refractivity contribution in [3.63, 3.8) is 0 Å². The molecule has 2 atom stereocenters. The molecule has 2 unspecified atom stereocenters. The van der Waals surface area contributed by atoms with Gasteiger partial charge in [-0.1, -0.05) is 0 Å². The molecule has 0 aromatic heterocycles. The summed E-state index contributed by atoms with van der Waals surface area (Å²) in [5.41, 5.74) is 6.29. The van der Waals surface area contributed by atoms with Gasteiger partial charge in [0.1, 0.15) is 0 Å². The summed E-state index contributed by atoms with van der Waals surface area (Å²) < 4.78 is 0.802. The standard InChI is InChI=1S/2C9H13.Zr/c2*1-4-9-5-7(2)8(3)6-9;/h2*5-6H,4H2,1-3H3;. The summed E-state index contributed by atoms with van der Waals surface area (Å²) in [5, 5.41) is 0. The van der Waals surface area contributed by atoms with Crippen LogP contribution in [0.5, 0.6) is 0 Å². The maximum atomic E-state index is 2.57. The second-order valence-electron chi connectivity index (χ2n) is 6.33. The zero-order chi connectivity index (χ0) is 14.3. The Bertz CT molecular complexity index is 458. The number of rotatable bonds is 4. The molecule has 0 aromatic carbocycles. The van der Waals surface area contributed by atoms with E-state index >= 15 is 0 Å². The van der Waals surface area contributed by atoms with Gasteiger partial charge in [-0.25, -0.2) is 0 Å². The summed E-state index contributed by atoms with van der Waals surface area (Å²) in [6, 6.07) is 0. The van der Waals surface area contributed by atoms with Crippen LogP contribution < -0.4 is 0 Å². The Morgan fingerprint density at radius 1 is 0.842 bits per heavy atom. The van der Waals surface area contributed by atoms with Crippen LogP contribution in [0.25, 0.3) is 0 Å². The van der Waals surface area contributed by atoms with Gasteiger partial charge in [0.15, 0.2) is 0 Å². The SMILES string of the molecule is CCC1=C[C](C)([Zr][C]2(C)C=C(CC)C=C2C)C(C)=C1. The van der Waals surface area contributed by atoms with E-state index < -0.39 is 23.2 Å². The van der Waals surface area contributed by atoms with Crippen LogP contribution in [0.2, 0.25) is 6.25 Å². The van der Waals surface area contributed by atoms with E-state index in [-0.39, 0.29) is 0 Å². The minimum absolute atomic E-state index is 0.401. The van der Waals surface area contributed by atoms with Gasteiger partial charge in [-0.05, 0) is 0 Å². The zero-order valence-corrected chi connectivity index (χ0v) is 15.7. The second kappa shape index (κ2) is 5.32. The minimum atomic E-state index is -0.628. The molecule has 0 heterocycles. The molecule has 2 aliphatic rings. The topological polar surface area (TPSA) is 0 Å². The molecule has 102 valence electrons. The molecule has 0 aromatic rings. The molecular formula is C18H26Zr. The van der Waals surface area contributed by atoms with Gasteiger partial charge in [0.25, 0.3) is 0 Å². The summed E-state index contributed by atoms with van der Waals surface area (Å²) in [4.78, 5) is 0. The fourth-order valence-electron chi connectivity index (χ4n) is 3.13. The third-order valence-corrected chi connectivity index (χ3v) is 9.93. The van der Waals surface area contributed by atoms with Crippen molar-refractivity contribution in [1.29, 1.82) is 0 Å². The van der Waals surface area contributed by atoms with Crippen LogP contribution in [-0.2, 0) is 23.2 Å². The van der Waals surface area contributed by atoms with Gasteiger partial charge in [-0.3, -0.25) is 0 Å². The summed E-state index contributed by atoms with van der Waals surface area (Å²) in [6.07, 6.45) is 12.4. The van der Waals surface area contributed by atoms with E-state index in [1.165, 1.54) is 12.8 Å². The molecule has 0 N–H and O–H groups in total. The van der Waals surface area contributed by atoms with Crippen LogP contribution in [0, 0.1) is 0 Å². The van der Waals surface area contributed by atoms with E-state index in [0.29, 0.717) is 6.25 Å². The van der Waals surface area contributed by atoms with Crippen LogP contribution in [0.1, 0.15) is 54.4 Å². The molecular weight excluding hydrogens is 307 g/mol. The number of hydrogen-bond donors (Lipinski definition) is 0. The van der Waals surface area contributed by atoms with Crippen molar-refractivity contribution < 1.29 is 23.2 Å². The first-order chi connectivity index (χ1) is 8.83. The molecule has 0 fully saturated rings. The van der Waals surface area contributed by atoms with Crippen LogP contribution >= 0.6 is 0 Å². The Morgan fingerprint density at radius 3 is 1.47 bits per heavy atom. The van der Waals surface area contributed by atoms with Gasteiger partial charge in [0, 0.05) is 0 Å². The van der Waals surface area contributed by atoms with Gasteiger partial charge in [0.2, 0.25) is 0 Å². The van der Waals surface area contributed by atoms with Crippen LogP contribution in [0.15, 0.2) is 46.6 Å². The first-order valence-corrected chi connectivity index (χ1v) is 9.89. The monoisotopic (exact) mass is 332 g/mol. The number of allylic oxidation sites excluding steroid dienone is 8. The van der Waals surface area contributed by atoms with Crippen molar-refractivity contribution in [2.45, 2.75) is 60.6 Å². The Hall–Kier alpha value is -0.157. The van der Waals surface area contributed by atoms with Crippen molar-refractivity contribution in [1.82, 2.24) is 0 Å². The van der Waals surface area contributed by atoms with Crippen molar-refractivity contribution in [3.05, 3.63) is 46.6 Å². The van der Waals surface area contributed by atoms with Gasteiger partial charge < -0.3 is 0 Å². The molecule has 0 nitrogen and oxygen atoms in total. The molecule has 19 heavy (non-hydrogen) atoms. The van der Waals surface area contributed by atoms with Gasteiger partial charge in [-0.15, -0.1) is 0 Å². The van der Waals surface area contributed by atoms with Crippen molar-refractivity contribution >= 4 is 0 Å². The summed E-state index contributed by atoms with van der Waals surface area (Å²) in [5.74, 6) is 0. The van der Waals surface area contributed by atoms with Crippen LogP contribution in [0.4, 0.5) is 0 Å². The third-order valence-electron chi connectivity index (χ3n) is 4.73. The van der Waals surface area contributed by atoms with Gasteiger partial charge in [0.05, 0.1) is 0 Å². The molecule has 0 bridgehead atoms. The molecule has 0 saturated heterocycles. The average Bonchev–Trinajstić information content (AvgIpc) is 2.78. The summed E-state index contributed by atoms with van der Waals surface area (Å²) in [7, 11) is 0. The molecule has 2 rings (SSSR count). The average molecular weight is 334 g/mol. The Balaban J connectivity index is 2.28. The molecule has 0 saturated carbocycles. The van der Waals surface area contributed by atoms with E-state index in [9.17, 15) is 0 Å². The fraction of sp³-hybridized carbons (Fsp3) is 0.556. The normalized spacial score (nSPS) is 33.8. The molecule has 0 spiro atoms. The molecule has 1 heteroatoms. The summed E-state index contributed by atoms with van der Waals surface area (Å²) in [6.45, 7) is 14.2. The van der Waals surface area contributed by atoms with Crippen LogP contribution in [-0.4, -0.2) is 0 Å². The molecule has 0 aliphatic heterocycles. The fourth-order valence-corrected chi connectivity index (χ4v) is 8.37. The Labute approximate surface area is 130 Å². The van der Waals surface area contributed by atoms with Gasteiger partial charge in [-0.2, -0.15) is 0 Å². The predicted molar refractivity (Wildman–Crippen MR) is 81.0 cm³/mol. The van der Waals surface area contributed by atoms with E-state index in [1.54, 1.807) is 22.3 Å². The van der Waals surface area contributed by atoms with E-state index in [1.807, 2.05) is 0 Å². The van der Waals surface area contributed by atoms with E-state index in [4.69, 9.17) is 0 Å². The van der Waals surface area contributed by atoms with Crippen molar-refractivity contribution in [2.75, 3.05) is 0 Å². The zero-order valence-electron chi connectivity index (χ0n) is 13.2. The first kappa shape index (κ1) is 15.2. The van der Waals surface area contributed by atoms with Gasteiger partial charge >= 0.3 is 130 Å². The van der Waals surface area contributed by atoms with Crippen LogP contribution in [0.3, 0.4) is 0 Å². The Morgan fingerprint density at radius 2 is 1.21 bits per heavy atom. The molecule has 0 amide bonds. The Kier molecular flexibility index (Phi) is 4.27. The number of hydrogen-bond acceptors (Lipinski definition) is 0. The maximum absolute atomic E-state index is 2.57. The van der Waals surface area contributed by atoms with Crippen molar-refractivity contribution in [3.8, 4) is 0 Å². The van der Waals surface area contributed by atoms with E-state index in [2.05, 4.69) is 65.8 Å². The van der Waals surface area contributed by atoms with E-state index in [0.717, 1.165) is 0 Å². The molecule has 2 aliphatic carbocycles. The second-order valence-corrected chi connectivity index (χ2v) is 12.1. The quantitative estimate of drug-likeness (QED) is 0.590. The third kappa shape index (κ3) is 2.82. The first-order valence-electron chi connectivity index (χ1n) is 7.43.